The van der Waals surface area contributed by atoms with Crippen LogP contribution in [0.4, 0.5) is 0 Å². The molecule has 0 saturated heterocycles. The highest BCUT2D eigenvalue weighted by Gasteiger charge is 2.08. The van der Waals surface area contributed by atoms with E-state index in [0.717, 1.165) is 5.56 Å². The monoisotopic (exact) mass is 323 g/mol. The number of carbonyl (C=O) groups excluding carboxylic acids is 1. The van der Waals surface area contributed by atoms with E-state index in [1.165, 1.54) is 0 Å². The Kier molecular flexibility index (Phi) is 4.67. The fourth-order valence-electron chi connectivity index (χ4n) is 2.45. The third-order valence-electron chi connectivity index (χ3n) is 3.58. The highest BCUT2D eigenvalue weighted by Crippen LogP contribution is 2.08. The van der Waals surface area contributed by atoms with Gasteiger partial charge < -0.3 is 15.0 Å². The third-order valence-corrected chi connectivity index (χ3v) is 3.58. The number of aromatic nitrogens is 2. The predicted octanol–water partition coefficient (Wildman–Crippen LogP) is 2.00. The Bertz CT molecular complexity index is 934. The summed E-state index contributed by atoms with van der Waals surface area (Å²) in [4.78, 5) is 31.3. The van der Waals surface area contributed by atoms with Crippen molar-refractivity contribution >= 4 is 16.8 Å². The molecule has 0 aliphatic carbocycles. The number of amides is 1. The van der Waals surface area contributed by atoms with E-state index in [1.54, 1.807) is 43.5 Å². The Morgan fingerprint density at radius 3 is 2.88 bits per heavy atom. The van der Waals surface area contributed by atoms with Crippen molar-refractivity contribution in [3.63, 3.8) is 0 Å². The topological polar surface area (TPSA) is 84.1 Å². The molecule has 6 nitrogen and oxygen atoms in total. The van der Waals surface area contributed by atoms with Crippen LogP contribution < -0.4 is 10.9 Å². The van der Waals surface area contributed by atoms with Gasteiger partial charge in [-0.05, 0) is 29.8 Å². The average molecular weight is 323 g/mol. The molecule has 1 aromatic heterocycles. The normalized spacial score (nSPS) is 10.7. The molecular weight excluding hydrogens is 306 g/mol. The predicted molar refractivity (Wildman–Crippen MR) is 90.7 cm³/mol. The number of H-pyrrole nitrogens is 1. The molecule has 0 aliphatic rings. The number of rotatable bonds is 5. The van der Waals surface area contributed by atoms with Gasteiger partial charge in [0.2, 0.25) is 0 Å². The molecule has 122 valence electrons. The lowest BCUT2D eigenvalue weighted by Gasteiger charge is -2.07. The molecular formula is C18H17N3O3. The number of hydrogen-bond donors (Lipinski definition) is 2. The summed E-state index contributed by atoms with van der Waals surface area (Å²) in [7, 11) is 1.61. The fraction of sp³-hybridized carbons (Fsp3) is 0.167. The minimum Gasteiger partial charge on any atom is -0.380 e. The maximum absolute atomic E-state index is 12.3. The summed E-state index contributed by atoms with van der Waals surface area (Å²) < 4.78 is 5.06. The van der Waals surface area contributed by atoms with Crippen molar-refractivity contribution < 1.29 is 9.53 Å². The number of carbonyl (C=O) groups is 1. The van der Waals surface area contributed by atoms with E-state index in [4.69, 9.17) is 4.74 Å². The number of nitrogens with zero attached hydrogens (tertiary/aromatic N) is 1. The van der Waals surface area contributed by atoms with Crippen LogP contribution in [-0.2, 0) is 17.9 Å². The van der Waals surface area contributed by atoms with Gasteiger partial charge in [-0.15, -0.1) is 0 Å². The van der Waals surface area contributed by atoms with Gasteiger partial charge in [-0.1, -0.05) is 24.3 Å². The highest BCUT2D eigenvalue weighted by molar-refractivity contribution is 5.94. The molecule has 1 amide bonds. The summed E-state index contributed by atoms with van der Waals surface area (Å²) in [5.41, 5.74) is 1.84. The molecule has 0 bridgehead atoms. The number of ether oxygens (including phenoxy) is 1. The van der Waals surface area contributed by atoms with E-state index in [2.05, 4.69) is 15.3 Å². The second kappa shape index (κ2) is 7.06. The molecule has 24 heavy (non-hydrogen) atoms. The van der Waals surface area contributed by atoms with E-state index in [1.807, 2.05) is 12.1 Å². The first kappa shape index (κ1) is 15.9. The lowest BCUT2D eigenvalue weighted by Crippen LogP contribution is -2.25. The van der Waals surface area contributed by atoms with Gasteiger partial charge in [0.1, 0.15) is 5.82 Å². The number of hydrogen-bond acceptors (Lipinski definition) is 4. The zero-order chi connectivity index (χ0) is 16.9. The second-order valence-electron chi connectivity index (χ2n) is 5.35. The molecule has 2 aromatic carbocycles. The quantitative estimate of drug-likeness (QED) is 0.752. The van der Waals surface area contributed by atoms with Gasteiger partial charge >= 0.3 is 0 Å². The summed E-state index contributed by atoms with van der Waals surface area (Å²) in [6, 6.07) is 14.3. The first-order valence-corrected chi connectivity index (χ1v) is 7.51. The van der Waals surface area contributed by atoms with E-state index >= 15 is 0 Å². The van der Waals surface area contributed by atoms with Crippen molar-refractivity contribution in [2.24, 2.45) is 0 Å². The lowest BCUT2D eigenvalue weighted by molar-refractivity contribution is 0.0949. The van der Waals surface area contributed by atoms with Gasteiger partial charge in [-0.25, -0.2) is 4.98 Å². The van der Waals surface area contributed by atoms with E-state index in [0.29, 0.717) is 28.9 Å². The first-order chi connectivity index (χ1) is 11.7. The largest absolute Gasteiger partial charge is 0.380 e. The van der Waals surface area contributed by atoms with E-state index in [9.17, 15) is 9.59 Å². The Morgan fingerprint density at radius 1 is 1.21 bits per heavy atom. The van der Waals surface area contributed by atoms with Crippen LogP contribution in [0.25, 0.3) is 10.9 Å². The van der Waals surface area contributed by atoms with Crippen LogP contribution in [0.3, 0.4) is 0 Å². The number of para-hydroxylation sites is 1. The molecule has 0 radical (unpaired) electrons. The van der Waals surface area contributed by atoms with E-state index in [-0.39, 0.29) is 18.0 Å². The van der Waals surface area contributed by atoms with Crippen LogP contribution >= 0.6 is 0 Å². The van der Waals surface area contributed by atoms with Gasteiger partial charge in [0.05, 0.1) is 24.1 Å². The first-order valence-electron chi connectivity index (χ1n) is 7.51. The van der Waals surface area contributed by atoms with Gasteiger partial charge in [0, 0.05) is 12.7 Å². The maximum atomic E-state index is 12.3. The van der Waals surface area contributed by atoms with Crippen LogP contribution in [0.5, 0.6) is 0 Å². The minimum absolute atomic E-state index is 0.146. The molecule has 0 unspecified atom stereocenters. The number of aromatic amines is 1. The summed E-state index contributed by atoms with van der Waals surface area (Å²) in [6.45, 7) is 0.591. The molecule has 3 rings (SSSR count). The number of methoxy groups -OCH3 is 1. The molecule has 0 fully saturated rings. The minimum atomic E-state index is -0.233. The van der Waals surface area contributed by atoms with Crippen molar-refractivity contribution in [2.45, 2.75) is 13.2 Å². The Hall–Kier alpha value is -2.99. The second-order valence-corrected chi connectivity index (χ2v) is 5.35. The molecule has 0 aliphatic heterocycles. The molecule has 0 spiro atoms. The standard InChI is InChI=1S/C18H17N3O3/c1-24-11-12-5-4-6-13(9-12)17(22)19-10-16-20-15-8-3-2-7-14(15)18(23)21-16/h2-9H,10-11H2,1H3,(H,19,22)(H,20,21,23). The van der Waals surface area contributed by atoms with Crippen LogP contribution in [-0.4, -0.2) is 23.0 Å². The Balaban J connectivity index is 1.74. The van der Waals surface area contributed by atoms with Crippen molar-refractivity contribution in [1.29, 1.82) is 0 Å². The third kappa shape index (κ3) is 3.49. The van der Waals surface area contributed by atoms with Crippen LogP contribution in [0, 0.1) is 0 Å². The van der Waals surface area contributed by atoms with Crippen LogP contribution in [0.1, 0.15) is 21.7 Å². The molecule has 1 heterocycles. The van der Waals surface area contributed by atoms with Gasteiger partial charge in [0.15, 0.2) is 0 Å². The van der Waals surface area contributed by atoms with E-state index < -0.39 is 0 Å². The fourth-order valence-corrected chi connectivity index (χ4v) is 2.45. The molecule has 3 aromatic rings. The smallest absolute Gasteiger partial charge is 0.258 e. The van der Waals surface area contributed by atoms with Crippen molar-refractivity contribution in [3.05, 3.63) is 75.8 Å². The SMILES string of the molecule is COCc1cccc(C(=O)NCc2nc3ccccc3c(=O)[nH]2)c1. The Morgan fingerprint density at radius 2 is 2.04 bits per heavy atom. The Labute approximate surface area is 138 Å². The van der Waals surface area contributed by atoms with Crippen molar-refractivity contribution in [1.82, 2.24) is 15.3 Å². The van der Waals surface area contributed by atoms with Crippen molar-refractivity contribution in [2.75, 3.05) is 7.11 Å². The summed E-state index contributed by atoms with van der Waals surface area (Å²) in [6.07, 6.45) is 0. The van der Waals surface area contributed by atoms with Gasteiger partial charge in [0.25, 0.3) is 11.5 Å². The molecule has 0 atom stereocenters. The number of nitrogens with one attached hydrogen (secondary N) is 2. The van der Waals surface area contributed by atoms with Crippen molar-refractivity contribution in [3.8, 4) is 0 Å². The summed E-state index contributed by atoms with van der Waals surface area (Å²) in [5.74, 6) is 0.184. The summed E-state index contributed by atoms with van der Waals surface area (Å²) >= 11 is 0. The zero-order valence-electron chi connectivity index (χ0n) is 13.2. The summed E-state index contributed by atoms with van der Waals surface area (Å²) in [5, 5.41) is 3.29. The van der Waals surface area contributed by atoms with Gasteiger partial charge in [-0.2, -0.15) is 0 Å². The zero-order valence-corrected chi connectivity index (χ0v) is 13.2. The van der Waals surface area contributed by atoms with Crippen LogP contribution in [0.2, 0.25) is 0 Å². The number of fused-ring (bicyclic) bond motifs is 1. The maximum Gasteiger partial charge on any atom is 0.258 e. The van der Waals surface area contributed by atoms with Gasteiger partial charge in [-0.3, -0.25) is 9.59 Å². The molecule has 0 saturated carbocycles. The lowest BCUT2D eigenvalue weighted by atomic mass is 10.1. The molecule has 6 heteroatoms. The van der Waals surface area contributed by atoms with Crippen LogP contribution in [0.15, 0.2) is 53.3 Å². The number of benzene rings is 2. The average Bonchev–Trinajstić information content (AvgIpc) is 2.60. The highest BCUT2D eigenvalue weighted by atomic mass is 16.5. The molecule has 2 N–H and O–H groups in total.